The van der Waals surface area contributed by atoms with Crippen LogP contribution in [0.5, 0.6) is 0 Å². The van der Waals surface area contributed by atoms with E-state index < -0.39 is 0 Å². The number of amides is 1. The standard InChI is InChI=1S/C6H8N2O2.Na/c1-4-5(3-9)6(10)8(2)7-4;/h3,9H,1-2H3;/q;+1/p-1/b5-3+;. The first-order valence-electron chi connectivity index (χ1n) is 2.82. The van der Waals surface area contributed by atoms with Crippen LogP contribution in [0.25, 0.3) is 0 Å². The largest absolute Gasteiger partial charge is 1.00 e. The van der Waals surface area contributed by atoms with Crippen molar-refractivity contribution in [1.29, 1.82) is 0 Å². The maximum Gasteiger partial charge on any atom is 1.00 e. The van der Waals surface area contributed by atoms with Gasteiger partial charge in [0.05, 0.1) is 5.71 Å². The number of carbonyl (C=O) groups is 1. The molecule has 0 N–H and O–H groups in total. The molecule has 0 aromatic heterocycles. The minimum Gasteiger partial charge on any atom is -0.877 e. The SMILES string of the molecule is CC1=NN(C)C(=O)/C1=C/[O-].[Na+]. The maximum atomic E-state index is 10.9. The van der Waals surface area contributed by atoms with Crippen LogP contribution in [0.3, 0.4) is 0 Å². The van der Waals surface area contributed by atoms with Crippen molar-refractivity contribution < 1.29 is 39.5 Å². The molecule has 0 bridgehead atoms. The van der Waals surface area contributed by atoms with Crippen LogP contribution >= 0.6 is 0 Å². The molecule has 1 aliphatic rings. The van der Waals surface area contributed by atoms with E-state index in [1.165, 1.54) is 7.05 Å². The Bertz CT molecular complexity index is 235. The molecule has 1 rings (SSSR count). The third-order valence-electron chi connectivity index (χ3n) is 1.33. The molecule has 11 heavy (non-hydrogen) atoms. The van der Waals surface area contributed by atoms with Crippen molar-refractivity contribution in [2.75, 3.05) is 7.05 Å². The summed E-state index contributed by atoms with van der Waals surface area (Å²) in [5.74, 6) is -0.326. The van der Waals surface area contributed by atoms with Crippen molar-refractivity contribution >= 4 is 11.6 Å². The molecule has 0 aliphatic carbocycles. The fourth-order valence-corrected chi connectivity index (χ4v) is 0.789. The zero-order valence-corrected chi connectivity index (χ0v) is 8.79. The first kappa shape index (κ1) is 10.7. The van der Waals surface area contributed by atoms with Gasteiger partial charge >= 0.3 is 29.6 Å². The summed E-state index contributed by atoms with van der Waals surface area (Å²) in [7, 11) is 1.52. The molecule has 4 nitrogen and oxygen atoms in total. The minimum absolute atomic E-state index is 0. The molecule has 0 saturated carbocycles. The quantitative estimate of drug-likeness (QED) is 0.207. The van der Waals surface area contributed by atoms with Crippen LogP contribution in [0.4, 0.5) is 0 Å². The summed E-state index contributed by atoms with van der Waals surface area (Å²) >= 11 is 0. The first-order chi connectivity index (χ1) is 4.66. The number of rotatable bonds is 0. The second kappa shape index (κ2) is 3.90. The summed E-state index contributed by atoms with van der Waals surface area (Å²) in [6.07, 6.45) is 0.532. The Hall–Kier alpha value is -0.320. The van der Waals surface area contributed by atoms with Crippen molar-refractivity contribution in [3.05, 3.63) is 11.8 Å². The third-order valence-corrected chi connectivity index (χ3v) is 1.33. The van der Waals surface area contributed by atoms with E-state index in [1.54, 1.807) is 6.92 Å². The van der Waals surface area contributed by atoms with Gasteiger partial charge in [0.1, 0.15) is 0 Å². The molecule has 1 aliphatic heterocycles. The van der Waals surface area contributed by atoms with E-state index >= 15 is 0 Å². The number of hydrogen-bond donors (Lipinski definition) is 0. The summed E-state index contributed by atoms with van der Waals surface area (Å²) < 4.78 is 0. The molecule has 1 heterocycles. The van der Waals surface area contributed by atoms with E-state index in [0.29, 0.717) is 12.0 Å². The van der Waals surface area contributed by atoms with Crippen LogP contribution in [0.15, 0.2) is 16.9 Å². The van der Waals surface area contributed by atoms with Gasteiger partial charge in [-0.15, -0.1) is 6.26 Å². The van der Waals surface area contributed by atoms with E-state index in [4.69, 9.17) is 0 Å². The second-order valence-electron chi connectivity index (χ2n) is 2.05. The molecule has 0 radical (unpaired) electrons. The molecule has 1 amide bonds. The Balaban J connectivity index is 0.000001000. The Morgan fingerprint density at radius 1 is 1.64 bits per heavy atom. The van der Waals surface area contributed by atoms with Crippen molar-refractivity contribution in [2.45, 2.75) is 6.92 Å². The molecule has 0 unspecified atom stereocenters. The topological polar surface area (TPSA) is 55.7 Å². The Kier molecular flexibility index (Phi) is 3.78. The fraction of sp³-hybridized carbons (Fsp3) is 0.333. The normalized spacial score (nSPS) is 20.2. The van der Waals surface area contributed by atoms with E-state index in [-0.39, 0.29) is 41.0 Å². The van der Waals surface area contributed by atoms with Gasteiger partial charge in [0.2, 0.25) is 0 Å². The van der Waals surface area contributed by atoms with Gasteiger partial charge in [0.15, 0.2) is 0 Å². The van der Waals surface area contributed by atoms with Gasteiger partial charge in [-0.2, -0.15) is 5.10 Å². The smallest absolute Gasteiger partial charge is 0.877 e. The zero-order chi connectivity index (χ0) is 7.72. The molecular formula is C6H7N2NaO2. The maximum absolute atomic E-state index is 10.9. The summed E-state index contributed by atoms with van der Waals surface area (Å²) in [4.78, 5) is 10.9. The summed E-state index contributed by atoms with van der Waals surface area (Å²) in [6, 6.07) is 0. The molecule has 0 aromatic carbocycles. The second-order valence-corrected chi connectivity index (χ2v) is 2.05. The average molecular weight is 162 g/mol. The van der Waals surface area contributed by atoms with Crippen molar-refractivity contribution in [1.82, 2.24) is 5.01 Å². The van der Waals surface area contributed by atoms with Crippen LogP contribution in [0.1, 0.15) is 6.92 Å². The molecule has 0 spiro atoms. The molecule has 0 atom stereocenters. The molecule has 0 aromatic rings. The van der Waals surface area contributed by atoms with Gasteiger partial charge in [0, 0.05) is 12.6 Å². The van der Waals surface area contributed by atoms with E-state index in [9.17, 15) is 9.90 Å². The Morgan fingerprint density at radius 3 is 2.36 bits per heavy atom. The number of hydrazone groups is 1. The van der Waals surface area contributed by atoms with Crippen LogP contribution in [0.2, 0.25) is 0 Å². The summed E-state index contributed by atoms with van der Waals surface area (Å²) in [5, 5.41) is 15.1. The molecule has 0 saturated heterocycles. The van der Waals surface area contributed by atoms with Gasteiger partial charge in [-0.3, -0.25) is 4.79 Å². The van der Waals surface area contributed by atoms with Crippen molar-refractivity contribution in [3.8, 4) is 0 Å². The van der Waals surface area contributed by atoms with E-state index in [0.717, 1.165) is 5.01 Å². The third kappa shape index (κ3) is 1.83. The number of carbonyl (C=O) groups excluding carboxylic acids is 1. The first-order valence-corrected chi connectivity index (χ1v) is 2.82. The average Bonchev–Trinajstić information content (AvgIpc) is 2.09. The minimum atomic E-state index is -0.326. The van der Waals surface area contributed by atoms with Crippen LogP contribution in [-0.2, 0) is 4.79 Å². The molecular weight excluding hydrogens is 155 g/mol. The predicted octanol–water partition coefficient (Wildman–Crippen LogP) is -3.92. The van der Waals surface area contributed by atoms with E-state index in [1.807, 2.05) is 0 Å². The van der Waals surface area contributed by atoms with Crippen LogP contribution < -0.4 is 34.7 Å². The van der Waals surface area contributed by atoms with Crippen LogP contribution in [0, 0.1) is 0 Å². The van der Waals surface area contributed by atoms with Gasteiger partial charge < -0.3 is 5.11 Å². The van der Waals surface area contributed by atoms with Gasteiger partial charge in [-0.1, -0.05) is 0 Å². The Morgan fingerprint density at radius 2 is 2.18 bits per heavy atom. The summed E-state index contributed by atoms with van der Waals surface area (Å²) in [6.45, 7) is 1.63. The number of hydrogen-bond acceptors (Lipinski definition) is 3. The molecule has 54 valence electrons. The monoisotopic (exact) mass is 162 g/mol. The van der Waals surface area contributed by atoms with Crippen LogP contribution in [-0.4, -0.2) is 23.7 Å². The van der Waals surface area contributed by atoms with Gasteiger partial charge in [0.25, 0.3) is 5.91 Å². The van der Waals surface area contributed by atoms with Crippen molar-refractivity contribution in [2.24, 2.45) is 5.10 Å². The Labute approximate surface area is 86.9 Å². The zero-order valence-electron chi connectivity index (χ0n) is 6.79. The van der Waals surface area contributed by atoms with Gasteiger partial charge in [-0.25, -0.2) is 5.01 Å². The summed E-state index contributed by atoms with van der Waals surface area (Å²) in [5.41, 5.74) is 0.644. The predicted molar refractivity (Wildman–Crippen MR) is 34.0 cm³/mol. The van der Waals surface area contributed by atoms with Crippen molar-refractivity contribution in [3.63, 3.8) is 0 Å². The van der Waals surface area contributed by atoms with Gasteiger partial charge in [-0.05, 0) is 6.92 Å². The molecule has 5 heteroatoms. The fourth-order valence-electron chi connectivity index (χ4n) is 0.789. The van der Waals surface area contributed by atoms with E-state index in [2.05, 4.69) is 5.10 Å². The number of likely N-dealkylation sites (N-methyl/N-ethyl adjacent to an activating group) is 1. The number of nitrogens with zero attached hydrogens (tertiary/aromatic N) is 2. The molecule has 0 fully saturated rings.